The summed E-state index contributed by atoms with van der Waals surface area (Å²) in [6.45, 7) is 1.65. The van der Waals surface area contributed by atoms with Crippen molar-refractivity contribution in [2.24, 2.45) is 16.7 Å². The Bertz CT molecular complexity index is 1080. The second-order valence-electron chi connectivity index (χ2n) is 7.01. The Balaban J connectivity index is 2.00. The van der Waals surface area contributed by atoms with Gasteiger partial charge in [-0.2, -0.15) is 15.8 Å². The van der Waals surface area contributed by atoms with Crippen LogP contribution in [0.25, 0.3) is 0 Å². The van der Waals surface area contributed by atoms with Gasteiger partial charge in [0.05, 0.1) is 37.5 Å². The van der Waals surface area contributed by atoms with Crippen LogP contribution in [0.2, 0.25) is 0 Å². The van der Waals surface area contributed by atoms with E-state index in [1.165, 1.54) is 13.4 Å². The van der Waals surface area contributed by atoms with Crippen LogP contribution >= 0.6 is 0 Å². The van der Waals surface area contributed by atoms with Gasteiger partial charge in [0, 0.05) is 5.56 Å². The fourth-order valence-corrected chi connectivity index (χ4v) is 4.39. The third-order valence-electron chi connectivity index (χ3n) is 5.96. The Labute approximate surface area is 166 Å². The molecule has 2 aromatic rings. The normalized spacial score (nSPS) is 31.8. The van der Waals surface area contributed by atoms with Crippen LogP contribution in [0.4, 0.5) is 0 Å². The molecule has 1 N–H and O–H groups in total. The van der Waals surface area contributed by atoms with E-state index in [1.807, 2.05) is 12.1 Å². The summed E-state index contributed by atoms with van der Waals surface area (Å²) in [4.78, 5) is 0. The molecule has 3 heterocycles. The lowest BCUT2D eigenvalue weighted by atomic mass is 9.54. The first-order chi connectivity index (χ1) is 14.0. The zero-order valence-electron chi connectivity index (χ0n) is 15.7. The lowest BCUT2D eigenvalue weighted by Gasteiger charge is -2.47. The standard InChI is InChI=1S/C21H16N4O4/c1-13-20(12-24)18(25)29-21(13,14-5-7-15(26-2)8-6-14)28-17(16-4-3-9-27-16)19(20,10-22)11-23/h3-9,13,17,25H,1-2H3. The van der Waals surface area contributed by atoms with Crippen LogP contribution in [0.1, 0.15) is 24.4 Å². The van der Waals surface area contributed by atoms with Crippen LogP contribution in [-0.2, 0) is 15.3 Å². The van der Waals surface area contributed by atoms with Crippen LogP contribution in [0, 0.1) is 56.2 Å². The van der Waals surface area contributed by atoms with Crippen molar-refractivity contribution in [2.45, 2.75) is 18.8 Å². The quantitative estimate of drug-likeness (QED) is 0.851. The predicted molar refractivity (Wildman–Crippen MR) is 96.9 cm³/mol. The molecule has 2 saturated heterocycles. The van der Waals surface area contributed by atoms with E-state index < -0.39 is 34.5 Å². The van der Waals surface area contributed by atoms with Crippen LogP contribution in [0.5, 0.6) is 5.75 Å². The van der Waals surface area contributed by atoms with E-state index in [9.17, 15) is 15.8 Å². The zero-order chi connectivity index (χ0) is 20.9. The van der Waals surface area contributed by atoms with Gasteiger partial charge < -0.3 is 18.6 Å². The Hall–Kier alpha value is -3.80. The van der Waals surface area contributed by atoms with E-state index in [-0.39, 0.29) is 5.76 Å². The number of ether oxygens (including phenoxy) is 3. The first-order valence-corrected chi connectivity index (χ1v) is 8.83. The number of nitrogens with zero attached hydrogens (tertiary/aromatic N) is 3. The third-order valence-corrected chi connectivity index (χ3v) is 5.96. The number of methoxy groups -OCH3 is 1. The summed E-state index contributed by atoms with van der Waals surface area (Å²) in [7, 11) is 1.54. The minimum atomic E-state index is -2.04. The maximum Gasteiger partial charge on any atom is 0.244 e. The van der Waals surface area contributed by atoms with E-state index in [0.717, 1.165) is 0 Å². The van der Waals surface area contributed by atoms with E-state index >= 15 is 0 Å². The molecule has 2 aliphatic rings. The molecule has 1 aromatic heterocycles. The van der Waals surface area contributed by atoms with Gasteiger partial charge in [-0.05, 0) is 36.4 Å². The molecule has 0 amide bonds. The number of hydrogen-bond donors (Lipinski definition) is 1. The molecule has 8 nitrogen and oxygen atoms in total. The van der Waals surface area contributed by atoms with Crippen LogP contribution < -0.4 is 4.74 Å². The highest BCUT2D eigenvalue weighted by atomic mass is 16.7. The summed E-state index contributed by atoms with van der Waals surface area (Å²) < 4.78 is 22.8. The summed E-state index contributed by atoms with van der Waals surface area (Å²) in [6, 6.07) is 16.0. The van der Waals surface area contributed by atoms with Crippen molar-refractivity contribution in [3.8, 4) is 24.0 Å². The minimum absolute atomic E-state index is 0.204. The molecule has 2 bridgehead atoms. The molecule has 2 fully saturated rings. The van der Waals surface area contributed by atoms with E-state index in [1.54, 1.807) is 43.3 Å². The Kier molecular flexibility index (Phi) is 3.91. The van der Waals surface area contributed by atoms with Crippen molar-refractivity contribution in [3.63, 3.8) is 0 Å². The number of furan rings is 1. The number of nitrogens with one attached hydrogen (secondary N) is 1. The summed E-state index contributed by atoms with van der Waals surface area (Å²) in [5.74, 6) is -2.03. The average Bonchev–Trinajstić information content (AvgIpc) is 3.33. The van der Waals surface area contributed by atoms with Crippen molar-refractivity contribution in [1.82, 2.24) is 0 Å². The molecule has 0 spiro atoms. The second kappa shape index (κ2) is 6.10. The first-order valence-electron chi connectivity index (χ1n) is 8.83. The average molecular weight is 388 g/mol. The fourth-order valence-electron chi connectivity index (χ4n) is 4.39. The van der Waals surface area contributed by atoms with Gasteiger partial charge in [-0.25, -0.2) is 0 Å². The predicted octanol–water partition coefficient (Wildman–Crippen LogP) is 3.40. The number of benzene rings is 1. The summed E-state index contributed by atoms with van der Waals surface area (Å²) >= 11 is 0. The highest BCUT2D eigenvalue weighted by Gasteiger charge is 2.80. The maximum atomic E-state index is 10.2. The number of fused-ring (bicyclic) bond motifs is 2. The second-order valence-corrected chi connectivity index (χ2v) is 7.01. The lowest BCUT2D eigenvalue weighted by Crippen LogP contribution is -2.57. The van der Waals surface area contributed by atoms with Gasteiger partial charge >= 0.3 is 0 Å². The molecule has 29 heavy (non-hydrogen) atoms. The maximum absolute atomic E-state index is 10.2. The number of hydrogen-bond acceptors (Lipinski definition) is 8. The molecule has 4 atom stereocenters. The fraction of sp³-hybridized carbons (Fsp3) is 0.333. The third kappa shape index (κ3) is 2.00. The Morgan fingerprint density at radius 1 is 1.07 bits per heavy atom. The molecule has 4 unspecified atom stereocenters. The zero-order valence-corrected chi connectivity index (χ0v) is 15.7. The molecule has 1 aromatic carbocycles. The molecule has 144 valence electrons. The van der Waals surface area contributed by atoms with E-state index in [0.29, 0.717) is 11.3 Å². The summed E-state index contributed by atoms with van der Waals surface area (Å²) in [5.41, 5.74) is -3.36. The van der Waals surface area contributed by atoms with E-state index in [2.05, 4.69) is 6.07 Å². The topological polar surface area (TPSA) is 136 Å². The van der Waals surface area contributed by atoms with Crippen LogP contribution in [0.3, 0.4) is 0 Å². The summed E-state index contributed by atoms with van der Waals surface area (Å²) in [5, 5.41) is 38.8. The van der Waals surface area contributed by atoms with Crippen molar-refractivity contribution >= 4 is 5.90 Å². The number of nitriles is 3. The van der Waals surface area contributed by atoms with Gasteiger partial charge in [-0.15, -0.1) is 0 Å². The van der Waals surface area contributed by atoms with Gasteiger partial charge in [0.1, 0.15) is 11.5 Å². The smallest absolute Gasteiger partial charge is 0.244 e. The van der Waals surface area contributed by atoms with Gasteiger partial charge in [-0.3, -0.25) is 5.41 Å². The van der Waals surface area contributed by atoms with Gasteiger partial charge in [-0.1, -0.05) is 6.92 Å². The Morgan fingerprint density at radius 2 is 1.76 bits per heavy atom. The monoisotopic (exact) mass is 388 g/mol. The Morgan fingerprint density at radius 3 is 2.28 bits per heavy atom. The molecule has 2 aliphatic heterocycles. The summed E-state index contributed by atoms with van der Waals surface area (Å²) in [6.07, 6.45) is 0.150. The minimum Gasteiger partial charge on any atom is -0.497 e. The highest BCUT2D eigenvalue weighted by molar-refractivity contribution is 5.89. The molecular weight excluding hydrogens is 372 g/mol. The van der Waals surface area contributed by atoms with Crippen LogP contribution in [-0.4, -0.2) is 13.0 Å². The van der Waals surface area contributed by atoms with Crippen molar-refractivity contribution in [1.29, 1.82) is 21.2 Å². The van der Waals surface area contributed by atoms with Crippen LogP contribution in [0.15, 0.2) is 47.1 Å². The van der Waals surface area contributed by atoms with Crippen molar-refractivity contribution in [3.05, 3.63) is 54.0 Å². The van der Waals surface area contributed by atoms with Gasteiger partial charge in [0.2, 0.25) is 17.1 Å². The molecule has 4 rings (SSSR count). The molecule has 0 aliphatic carbocycles. The van der Waals surface area contributed by atoms with Crippen molar-refractivity contribution in [2.75, 3.05) is 7.11 Å². The SMILES string of the molecule is COc1ccc(C23OC(=N)C(C#N)(C2C)C(C#N)(C#N)C(c2ccco2)O3)cc1. The van der Waals surface area contributed by atoms with Gasteiger partial charge in [0.25, 0.3) is 0 Å². The lowest BCUT2D eigenvalue weighted by molar-refractivity contribution is -0.292. The number of rotatable bonds is 3. The molecular formula is C21H16N4O4. The first kappa shape index (κ1) is 18.6. The molecule has 8 heteroatoms. The van der Waals surface area contributed by atoms with E-state index in [4.69, 9.17) is 24.0 Å². The largest absolute Gasteiger partial charge is 0.497 e. The molecule has 0 radical (unpaired) electrons. The highest BCUT2D eigenvalue weighted by Crippen LogP contribution is 2.68. The van der Waals surface area contributed by atoms with Crippen molar-refractivity contribution < 1.29 is 18.6 Å². The van der Waals surface area contributed by atoms with Gasteiger partial charge in [0.15, 0.2) is 11.5 Å². The molecule has 0 saturated carbocycles.